The summed E-state index contributed by atoms with van der Waals surface area (Å²) in [5, 5.41) is 115. The molecule has 0 aromatic heterocycles. The van der Waals surface area contributed by atoms with Crippen molar-refractivity contribution in [3.05, 3.63) is 0 Å². The van der Waals surface area contributed by atoms with Crippen LogP contribution in [0.5, 0.6) is 0 Å². The fourth-order valence-corrected chi connectivity index (χ4v) is 11.0. The zero-order chi connectivity index (χ0) is 68.2. The van der Waals surface area contributed by atoms with Gasteiger partial charge in [-0.05, 0) is 38.5 Å². The molecule has 91 heavy (non-hydrogen) atoms. The maximum atomic E-state index is 13.2. The number of aliphatic hydroxyl groups is 10. The largest absolute Gasteiger partial charge is 0.756 e. The fourth-order valence-electron chi connectivity index (χ4n) is 8.82. The van der Waals surface area contributed by atoms with Crippen molar-refractivity contribution in [3.63, 3.8) is 0 Å². The lowest BCUT2D eigenvalue weighted by molar-refractivity contribution is -0.270. The lowest BCUT2D eigenvalue weighted by atomic mass is 9.97. The van der Waals surface area contributed by atoms with E-state index < -0.39 is 228 Å². The molecule has 12 unspecified atom stereocenters. The van der Waals surface area contributed by atoms with Gasteiger partial charge in [0.25, 0.3) is 23.5 Å². The Bertz CT molecular complexity index is 2390. The van der Waals surface area contributed by atoms with E-state index in [1.54, 1.807) is 0 Å². The predicted octanol–water partition coefficient (Wildman–Crippen LogP) is -9.69. The van der Waals surface area contributed by atoms with E-state index in [0.717, 1.165) is 20.8 Å². The van der Waals surface area contributed by atoms with Gasteiger partial charge in [0.1, 0.15) is 85.3 Å². The van der Waals surface area contributed by atoms with Crippen molar-refractivity contribution in [2.45, 2.75) is 189 Å². The molecule has 3 fully saturated rings. The van der Waals surface area contributed by atoms with Crippen molar-refractivity contribution >= 4 is 58.9 Å². The average Bonchev–Trinajstić information content (AvgIpc) is 1.22. The number of carbonyl (C=O) groups excluding carboxylic acids is 6. The van der Waals surface area contributed by atoms with Crippen LogP contribution in [0.3, 0.4) is 0 Å². The fraction of sp³-hybridized carbons (Fsp3) is 0.875. The summed E-state index contributed by atoms with van der Waals surface area (Å²) in [6.07, 6.45) is -23.0. The molecule has 40 nitrogen and oxygen atoms in total. The molecule has 21 atom stereocenters. The zero-order valence-electron chi connectivity index (χ0n) is 49.9. The number of unbranched alkanes of at least 4 members (excludes halogenated alkanes) is 3. The lowest BCUT2D eigenvalue weighted by Gasteiger charge is -2.42. The van der Waals surface area contributed by atoms with E-state index in [1.165, 1.54) is 0 Å². The number of aliphatic hydroxyl groups excluding tert-OH is 10. The van der Waals surface area contributed by atoms with Crippen LogP contribution in [0.1, 0.15) is 78.6 Å². The molecule has 17 N–H and O–H groups in total. The quantitative estimate of drug-likeness (QED) is 0.0199. The smallest absolute Gasteiger partial charge is 0.268 e. The van der Waals surface area contributed by atoms with E-state index in [9.17, 15) is 113 Å². The van der Waals surface area contributed by atoms with Crippen LogP contribution in [0.2, 0.25) is 0 Å². The molecule has 0 saturated carbocycles. The second-order valence-corrected chi connectivity index (χ2v) is 25.0. The minimum Gasteiger partial charge on any atom is -0.756 e. The summed E-state index contributed by atoms with van der Waals surface area (Å²) in [6.45, 7) is -5.05. The van der Waals surface area contributed by atoms with Crippen molar-refractivity contribution in [2.75, 3.05) is 79.1 Å². The highest BCUT2D eigenvalue weighted by Crippen LogP contribution is 2.44. The second-order valence-electron chi connectivity index (χ2n) is 21.1. The third-order valence-electron chi connectivity index (χ3n) is 13.4. The first-order valence-electron chi connectivity index (χ1n) is 28.7. The monoisotopic (exact) mass is 1380 g/mol. The van der Waals surface area contributed by atoms with E-state index in [1.807, 2.05) is 0 Å². The molecule has 0 aromatic rings. The molecule has 6 amide bonds. The third-order valence-corrected chi connectivity index (χ3v) is 15.9. The third kappa shape index (κ3) is 30.9. The van der Waals surface area contributed by atoms with Gasteiger partial charge in [-0.25, -0.2) is 0 Å². The zero-order valence-corrected chi connectivity index (χ0v) is 52.6. The van der Waals surface area contributed by atoms with E-state index in [0.29, 0.717) is 0 Å². The predicted molar refractivity (Wildman–Crippen MR) is 293 cm³/mol. The number of hydrogen-bond donors (Lipinski definition) is 17. The SMILES string of the molecule is CC(=O)NC1[C@H](OCCCCC(=O)NCC(O)COP(=O)([O-])OC(CNC(=O)CCCCO[C@@H]2OC(CO)[C@H](O)[C@H](O)C2NC(C)=O)COP(=O)([O-])OC(CNC(=O)CCCCO[C@@H]2OC(CO)[C@H](O)[C@H](O)C2NC(C)=O)COP(=O)([O-])O)OC(CO)[C@H](O)[C@@H]1O. The highest BCUT2D eigenvalue weighted by molar-refractivity contribution is 7.46. The number of rotatable bonds is 43. The van der Waals surface area contributed by atoms with Crippen LogP contribution in [-0.2, 0) is 93.5 Å². The van der Waals surface area contributed by atoms with Crippen LogP contribution in [0, 0.1) is 0 Å². The molecule has 0 aromatic carbocycles. The Morgan fingerprint density at radius 1 is 0.462 bits per heavy atom. The number of phosphoric acid groups is 3. The molecule has 3 heterocycles. The van der Waals surface area contributed by atoms with Crippen LogP contribution < -0.4 is 46.6 Å². The van der Waals surface area contributed by atoms with Crippen molar-refractivity contribution in [3.8, 4) is 0 Å². The van der Waals surface area contributed by atoms with Crippen molar-refractivity contribution in [1.29, 1.82) is 0 Å². The molecule has 0 aliphatic carbocycles. The van der Waals surface area contributed by atoms with Crippen LogP contribution in [0.15, 0.2) is 0 Å². The number of ether oxygens (including phenoxy) is 6. The molecular weight excluding hydrogens is 1300 g/mol. The molecule has 43 heteroatoms. The van der Waals surface area contributed by atoms with Gasteiger partial charge in [0.05, 0.1) is 45.7 Å². The van der Waals surface area contributed by atoms with E-state index in [-0.39, 0.29) is 77.6 Å². The van der Waals surface area contributed by atoms with Gasteiger partial charge in [0.15, 0.2) is 18.9 Å². The second kappa shape index (κ2) is 40.8. The van der Waals surface area contributed by atoms with E-state index in [4.69, 9.17) is 46.5 Å². The number of carbonyl (C=O) groups is 6. The minimum atomic E-state index is -5.78. The van der Waals surface area contributed by atoms with Crippen molar-refractivity contribution in [1.82, 2.24) is 31.9 Å². The standard InChI is InChI=1S/C48H89N6O34P3/c1-25(58)52-37-43(68)40(65)31(19-55)84-46(37)78-13-7-4-10-34(62)49-16-28(61)22-82-90(74,75)88-30(18-51-36(64)12-6-9-15-80-48-39(54-27(3)60)45(70)42(67)33(21-57)86-48)24-83-91(76,77)87-29(23-81-89(71,72)73)17-50-35(63)11-5-8-14-79-47-38(53-26(2)59)44(69)41(66)32(20-56)85-47/h28-33,37-48,55-57,61,65-70H,4-24H2,1-3H3,(H,49,62)(H,50,63)(H,51,64)(H,52,58)(H,53,59)(H,54,60)(H,74,75)(H,76,77)(H2,71,72,73)/p-3/t28?,29?,30?,31?,32?,33?,37?,38?,39?,40-,41-,42-,43+,44+,45+,46+,47+,48+/m0/s1. The van der Waals surface area contributed by atoms with Crippen LogP contribution in [-0.4, -0.2) is 281 Å². The molecule has 0 bridgehead atoms. The van der Waals surface area contributed by atoms with Gasteiger partial charge in [-0.2, -0.15) is 0 Å². The summed E-state index contributed by atoms with van der Waals surface area (Å²) in [5.41, 5.74) is 0. The average molecular weight is 1380 g/mol. The van der Waals surface area contributed by atoms with Crippen LogP contribution in [0.4, 0.5) is 0 Å². The molecule has 0 spiro atoms. The van der Waals surface area contributed by atoms with E-state index >= 15 is 0 Å². The summed E-state index contributed by atoms with van der Waals surface area (Å²) >= 11 is 0. The highest BCUT2D eigenvalue weighted by Gasteiger charge is 2.48. The number of amides is 6. The van der Waals surface area contributed by atoms with E-state index in [2.05, 4.69) is 36.4 Å². The van der Waals surface area contributed by atoms with Gasteiger partial charge in [-0.1, -0.05) is 0 Å². The van der Waals surface area contributed by atoms with Gasteiger partial charge >= 0.3 is 0 Å². The first-order valence-corrected chi connectivity index (χ1v) is 33.1. The topological polar surface area (TPSA) is 619 Å². The highest BCUT2D eigenvalue weighted by atomic mass is 31.2. The van der Waals surface area contributed by atoms with Gasteiger partial charge in [0.2, 0.25) is 35.4 Å². The maximum Gasteiger partial charge on any atom is 0.268 e. The van der Waals surface area contributed by atoms with Crippen molar-refractivity contribution in [2.24, 2.45) is 0 Å². The Kier molecular flexibility index (Phi) is 36.7. The Hall–Kier alpha value is -3.49. The number of hydrogen-bond acceptors (Lipinski definition) is 33. The molecular formula is C48H86N6O34P3-3. The Labute approximate surface area is 521 Å². The van der Waals surface area contributed by atoms with Crippen LogP contribution in [0.25, 0.3) is 0 Å². The summed E-state index contributed by atoms with van der Waals surface area (Å²) in [7, 11) is -17.0. The number of phosphoric ester groups is 3. The first-order chi connectivity index (χ1) is 42.7. The normalized spacial score (nSPS) is 29.8. The molecule has 0 radical (unpaired) electrons. The van der Waals surface area contributed by atoms with Gasteiger partial charge in [-0.15, -0.1) is 0 Å². The molecule has 3 saturated heterocycles. The maximum absolute atomic E-state index is 13.2. The van der Waals surface area contributed by atoms with Crippen LogP contribution >= 0.6 is 23.5 Å². The Balaban J connectivity index is 1.60. The van der Waals surface area contributed by atoms with Gasteiger partial charge in [-0.3, -0.25) is 42.5 Å². The van der Waals surface area contributed by atoms with Crippen molar-refractivity contribution < 1.29 is 164 Å². The molecule has 3 aliphatic rings. The first kappa shape index (κ1) is 81.7. The van der Waals surface area contributed by atoms with Gasteiger partial charge in [0, 0.05) is 79.5 Å². The Morgan fingerprint density at radius 3 is 1.05 bits per heavy atom. The summed E-state index contributed by atoms with van der Waals surface area (Å²) in [4.78, 5) is 120. The Morgan fingerprint density at radius 2 is 0.758 bits per heavy atom. The number of nitrogens with one attached hydrogen (secondary N) is 6. The van der Waals surface area contributed by atoms with Gasteiger partial charge < -0.3 is 154 Å². The summed E-state index contributed by atoms with van der Waals surface area (Å²) in [6, 6.07) is -3.70. The molecule has 3 aliphatic heterocycles. The minimum absolute atomic E-state index is 0.0399. The summed E-state index contributed by atoms with van der Waals surface area (Å²) in [5.74, 6) is -4.02. The lowest BCUT2D eigenvalue weighted by Crippen LogP contribution is -2.64. The molecule has 530 valence electrons. The molecule has 3 rings (SSSR count). The summed E-state index contributed by atoms with van der Waals surface area (Å²) < 4.78 is 94.7.